The van der Waals surface area contributed by atoms with Crippen LogP contribution in [-0.2, 0) is 14.3 Å². The molecule has 2 saturated heterocycles. The number of hydrogen-bond acceptors (Lipinski definition) is 8. The van der Waals surface area contributed by atoms with Gasteiger partial charge in [0.2, 0.25) is 5.91 Å². The van der Waals surface area contributed by atoms with Crippen LogP contribution in [0, 0.1) is 0 Å². The van der Waals surface area contributed by atoms with Crippen LogP contribution in [0.3, 0.4) is 0 Å². The highest BCUT2D eigenvalue weighted by Gasteiger charge is 2.49. The number of carbonyl (C=O) groups excluding carboxylic acids is 1. The molecule has 2 heterocycles. The van der Waals surface area contributed by atoms with E-state index in [4.69, 9.17) is 25.4 Å². The van der Waals surface area contributed by atoms with Crippen molar-refractivity contribution in [2.24, 2.45) is 5.73 Å². The smallest absolute Gasteiger partial charge is 0.217 e. The molecule has 0 aliphatic carbocycles. The van der Waals surface area contributed by atoms with Crippen LogP contribution in [0.1, 0.15) is 47.5 Å². The summed E-state index contributed by atoms with van der Waals surface area (Å²) in [5.74, 6) is -0.205. The minimum absolute atomic E-state index is 0. The third kappa shape index (κ3) is 7.39. The maximum atomic E-state index is 11.0. The quantitative estimate of drug-likeness (QED) is 0.271. The Kier molecular flexibility index (Phi) is 11.4. The Labute approximate surface area is 171 Å². The van der Waals surface area contributed by atoms with Crippen LogP contribution in [0.15, 0.2) is 0 Å². The molecule has 0 aromatic heterocycles. The molecule has 2 aliphatic heterocycles. The summed E-state index contributed by atoms with van der Waals surface area (Å²) in [5.41, 5.74) is 2.25. The maximum Gasteiger partial charge on any atom is 0.217 e. The SMILES string of the molecule is CC(=O)NC1(C)COC(CO)CC1(C)O.CC1(N)COC(CO)CC1(C)O.O.O. The van der Waals surface area contributed by atoms with E-state index in [1.54, 1.807) is 27.7 Å². The average Bonchev–Trinajstić information content (AvgIpc) is 2.53. The van der Waals surface area contributed by atoms with Crippen molar-refractivity contribution in [2.75, 3.05) is 26.4 Å². The number of nitrogens with two attached hydrogens (primary N) is 1. The number of aliphatic hydroxyl groups is 4. The first-order valence-electron chi connectivity index (χ1n) is 9.17. The van der Waals surface area contributed by atoms with Crippen LogP contribution in [0.4, 0.5) is 0 Å². The molecule has 0 aromatic rings. The number of nitrogens with one attached hydrogen (secondary N) is 1. The van der Waals surface area contributed by atoms with Crippen molar-refractivity contribution in [3.63, 3.8) is 0 Å². The van der Waals surface area contributed by atoms with Crippen LogP contribution in [0.5, 0.6) is 0 Å². The summed E-state index contributed by atoms with van der Waals surface area (Å²) in [4.78, 5) is 11.0. The van der Waals surface area contributed by atoms with Crippen LogP contribution in [0.25, 0.3) is 0 Å². The van der Waals surface area contributed by atoms with E-state index in [1.807, 2.05) is 0 Å². The summed E-state index contributed by atoms with van der Waals surface area (Å²) >= 11 is 0. The second-order valence-electron chi connectivity index (χ2n) is 8.62. The molecular weight excluding hydrogens is 388 g/mol. The van der Waals surface area contributed by atoms with E-state index >= 15 is 0 Å². The zero-order valence-corrected chi connectivity index (χ0v) is 18.0. The second kappa shape index (κ2) is 10.9. The largest absolute Gasteiger partial charge is 0.412 e. The lowest BCUT2D eigenvalue weighted by Crippen LogP contribution is -2.67. The summed E-state index contributed by atoms with van der Waals surface area (Å²) in [6.07, 6.45) is 0.0509. The van der Waals surface area contributed by atoms with Gasteiger partial charge in [0.05, 0.1) is 60.9 Å². The molecule has 2 rings (SSSR count). The maximum absolute atomic E-state index is 11.0. The Balaban J connectivity index is 0. The van der Waals surface area contributed by atoms with Crippen LogP contribution in [-0.4, -0.2) is 98.2 Å². The topological polar surface area (TPSA) is 218 Å². The highest BCUT2D eigenvalue weighted by Crippen LogP contribution is 2.33. The molecule has 0 spiro atoms. The second-order valence-corrected chi connectivity index (χ2v) is 8.62. The Morgan fingerprint density at radius 1 is 0.966 bits per heavy atom. The van der Waals surface area contributed by atoms with E-state index in [-0.39, 0.29) is 55.5 Å². The van der Waals surface area contributed by atoms with E-state index < -0.39 is 22.3 Å². The molecule has 11 heteroatoms. The monoisotopic (exact) mass is 428 g/mol. The molecule has 0 radical (unpaired) electrons. The predicted molar refractivity (Wildman–Crippen MR) is 106 cm³/mol. The highest BCUT2D eigenvalue weighted by atomic mass is 16.5. The Morgan fingerprint density at radius 2 is 1.38 bits per heavy atom. The number of ether oxygens (including phenoxy) is 2. The molecule has 2 fully saturated rings. The number of carbonyl (C=O) groups is 1. The molecule has 0 aromatic carbocycles. The van der Waals surface area contributed by atoms with Crippen molar-refractivity contribution >= 4 is 5.91 Å². The molecule has 2 aliphatic rings. The van der Waals surface area contributed by atoms with Crippen molar-refractivity contribution in [3.05, 3.63) is 0 Å². The van der Waals surface area contributed by atoms with Gasteiger partial charge in [0.1, 0.15) is 0 Å². The highest BCUT2D eigenvalue weighted by molar-refractivity contribution is 5.74. The molecule has 11 N–H and O–H groups in total. The van der Waals surface area contributed by atoms with Gasteiger partial charge in [-0.2, -0.15) is 0 Å². The van der Waals surface area contributed by atoms with E-state index in [9.17, 15) is 15.0 Å². The Bertz CT molecular complexity index is 514. The van der Waals surface area contributed by atoms with E-state index in [0.29, 0.717) is 12.8 Å². The number of amides is 1. The van der Waals surface area contributed by atoms with Crippen molar-refractivity contribution in [3.8, 4) is 0 Å². The molecule has 1 amide bonds. The van der Waals surface area contributed by atoms with Crippen molar-refractivity contribution in [1.29, 1.82) is 0 Å². The standard InChI is InChI=1S/C10H19NO4.C8H17NO3.2H2O/c1-7(13)11-9(2)6-15-8(5-12)4-10(9,3)14;1-7(9)5-12-6(4-10)3-8(7,2)11;;/h8,12,14H,4-6H2,1-3H3,(H,11,13);6,10-11H,3-5,9H2,1-2H3;2*1H2. The lowest BCUT2D eigenvalue weighted by molar-refractivity contribution is -0.168. The fourth-order valence-corrected chi connectivity index (χ4v) is 3.14. The Morgan fingerprint density at radius 3 is 1.72 bits per heavy atom. The third-order valence-corrected chi connectivity index (χ3v) is 5.76. The third-order valence-electron chi connectivity index (χ3n) is 5.76. The van der Waals surface area contributed by atoms with Crippen molar-refractivity contribution in [1.82, 2.24) is 5.32 Å². The average molecular weight is 429 g/mol. The minimum atomic E-state index is -1.08. The van der Waals surface area contributed by atoms with Crippen LogP contribution < -0.4 is 11.1 Å². The van der Waals surface area contributed by atoms with Crippen molar-refractivity contribution in [2.45, 2.75) is 81.9 Å². The minimum Gasteiger partial charge on any atom is -0.412 e. The summed E-state index contributed by atoms with van der Waals surface area (Å²) in [6, 6.07) is 0. The first-order valence-corrected chi connectivity index (χ1v) is 9.17. The van der Waals surface area contributed by atoms with Crippen LogP contribution in [0.2, 0.25) is 0 Å². The zero-order chi connectivity index (χ0) is 21.1. The van der Waals surface area contributed by atoms with Gasteiger partial charge in [-0.3, -0.25) is 4.79 Å². The zero-order valence-electron chi connectivity index (χ0n) is 18.0. The first kappa shape index (κ1) is 30.3. The molecule has 11 nitrogen and oxygen atoms in total. The lowest BCUT2D eigenvalue weighted by Gasteiger charge is -2.48. The van der Waals surface area contributed by atoms with Gasteiger partial charge < -0.3 is 51.9 Å². The molecule has 6 atom stereocenters. The van der Waals surface area contributed by atoms with Gasteiger partial charge in [-0.1, -0.05) is 0 Å². The number of aliphatic hydroxyl groups excluding tert-OH is 2. The summed E-state index contributed by atoms with van der Waals surface area (Å²) < 4.78 is 10.6. The van der Waals surface area contributed by atoms with Gasteiger partial charge in [-0.25, -0.2) is 0 Å². The van der Waals surface area contributed by atoms with Gasteiger partial charge >= 0.3 is 0 Å². The fraction of sp³-hybridized carbons (Fsp3) is 0.944. The number of rotatable bonds is 3. The number of hydrogen-bond donors (Lipinski definition) is 6. The normalized spacial score (nSPS) is 41.7. The summed E-state index contributed by atoms with van der Waals surface area (Å²) in [6.45, 7) is 8.52. The lowest BCUT2D eigenvalue weighted by atomic mass is 9.77. The van der Waals surface area contributed by atoms with Gasteiger partial charge in [0.15, 0.2) is 0 Å². The Hall–Kier alpha value is -0.890. The van der Waals surface area contributed by atoms with Crippen molar-refractivity contribution < 1.29 is 45.6 Å². The summed E-state index contributed by atoms with van der Waals surface area (Å²) in [7, 11) is 0. The molecule has 29 heavy (non-hydrogen) atoms. The molecular formula is C18H40N2O9. The van der Waals surface area contributed by atoms with Gasteiger partial charge in [-0.05, 0) is 27.7 Å². The first-order chi connectivity index (χ1) is 12.2. The fourth-order valence-electron chi connectivity index (χ4n) is 3.14. The van der Waals surface area contributed by atoms with E-state index in [1.165, 1.54) is 6.92 Å². The molecule has 0 saturated carbocycles. The van der Waals surface area contributed by atoms with E-state index in [2.05, 4.69) is 5.32 Å². The molecule has 176 valence electrons. The van der Waals surface area contributed by atoms with Crippen LogP contribution >= 0.6 is 0 Å². The predicted octanol–water partition coefficient (Wildman–Crippen LogP) is -3.00. The van der Waals surface area contributed by atoms with E-state index in [0.717, 1.165) is 0 Å². The summed E-state index contributed by atoms with van der Waals surface area (Å²) in [5, 5.41) is 40.6. The van der Waals surface area contributed by atoms with Gasteiger partial charge in [-0.15, -0.1) is 0 Å². The van der Waals surface area contributed by atoms with Gasteiger partial charge in [0, 0.05) is 19.8 Å². The van der Waals surface area contributed by atoms with Gasteiger partial charge in [0.25, 0.3) is 0 Å². The molecule has 6 unspecified atom stereocenters. The molecule has 0 bridgehead atoms.